The predicted molar refractivity (Wildman–Crippen MR) is 151 cm³/mol. The summed E-state index contributed by atoms with van der Waals surface area (Å²) in [4.78, 5) is 47.1. The van der Waals surface area contributed by atoms with Gasteiger partial charge in [0.1, 0.15) is 5.75 Å². The van der Waals surface area contributed by atoms with E-state index in [1.165, 1.54) is 4.90 Å². The fourth-order valence-corrected chi connectivity index (χ4v) is 5.95. The van der Waals surface area contributed by atoms with Gasteiger partial charge < -0.3 is 18.9 Å². The molecule has 3 aromatic rings. The molecule has 2 atom stereocenters. The van der Waals surface area contributed by atoms with Gasteiger partial charge in [-0.3, -0.25) is 14.5 Å². The van der Waals surface area contributed by atoms with Crippen LogP contribution in [-0.2, 0) is 27.5 Å². The van der Waals surface area contributed by atoms with Crippen LogP contribution in [0.5, 0.6) is 5.75 Å². The summed E-state index contributed by atoms with van der Waals surface area (Å²) in [6.07, 6.45) is 4.37. The number of nitrogens with zero attached hydrogens (tertiary/aromatic N) is 3. The second kappa shape index (κ2) is 11.5. The molecular formula is C31H36N4O6. The van der Waals surface area contributed by atoms with Crippen LogP contribution in [0.3, 0.4) is 0 Å². The highest BCUT2D eigenvalue weighted by Gasteiger charge is 2.44. The van der Waals surface area contributed by atoms with E-state index in [4.69, 9.17) is 14.3 Å². The van der Waals surface area contributed by atoms with Gasteiger partial charge in [-0.1, -0.05) is 25.5 Å². The van der Waals surface area contributed by atoms with Crippen molar-refractivity contribution in [1.29, 1.82) is 0 Å². The number of carbonyl (C=O) groups excluding carboxylic acids is 3. The molecule has 2 unspecified atom stereocenters. The molecule has 0 aliphatic carbocycles. The number of aromatic nitrogens is 1. The van der Waals surface area contributed by atoms with Crippen LogP contribution in [0.25, 0.3) is 10.9 Å². The standard InChI is InChI=1S/C31H36N4O6/c1-3-4-14-39-22-12-13-25-23(16-22)28-24-18-34(31(38)33(2)30(24)37)19-26(28)35(25)17-20-8-10-21(11-9-20)29(36)32-41-27-7-5-6-15-40-27/h8-13,16,24,27H,3-7,14-15,17-19H2,1-2H3,(H,32,36). The number of unbranched alkanes of at least 4 members (excludes halogenated alkanes) is 1. The number of benzene rings is 2. The number of hydrogen-bond acceptors (Lipinski definition) is 6. The first-order valence-electron chi connectivity index (χ1n) is 14.5. The van der Waals surface area contributed by atoms with Gasteiger partial charge >= 0.3 is 6.03 Å². The van der Waals surface area contributed by atoms with E-state index in [-0.39, 0.29) is 17.8 Å². The highest BCUT2D eigenvalue weighted by Crippen LogP contribution is 2.41. The minimum atomic E-state index is -0.421. The molecule has 10 heteroatoms. The number of urea groups is 1. The van der Waals surface area contributed by atoms with Gasteiger partial charge in [0.25, 0.3) is 5.91 Å². The maximum atomic E-state index is 13.3. The van der Waals surface area contributed by atoms with Crippen LogP contribution in [-0.4, -0.2) is 65.3 Å². The normalized spacial score (nSPS) is 20.3. The van der Waals surface area contributed by atoms with Gasteiger partial charge in [-0.25, -0.2) is 15.1 Å². The molecule has 2 fully saturated rings. The van der Waals surface area contributed by atoms with Crippen molar-refractivity contribution in [2.24, 2.45) is 0 Å². The first-order valence-corrected chi connectivity index (χ1v) is 14.5. The topological polar surface area (TPSA) is 102 Å². The molecule has 2 bridgehead atoms. The Kier molecular flexibility index (Phi) is 7.68. The molecule has 3 aliphatic heterocycles. The maximum Gasteiger partial charge on any atom is 0.326 e. The van der Waals surface area contributed by atoms with E-state index < -0.39 is 12.2 Å². The number of nitrogens with one attached hydrogen (secondary N) is 1. The monoisotopic (exact) mass is 560 g/mol. The molecule has 216 valence electrons. The van der Waals surface area contributed by atoms with Crippen LogP contribution in [0, 0.1) is 0 Å². The lowest BCUT2D eigenvalue weighted by Gasteiger charge is -2.41. The molecule has 0 spiro atoms. The van der Waals surface area contributed by atoms with Gasteiger partial charge in [-0.15, -0.1) is 0 Å². The second-order valence-corrected chi connectivity index (χ2v) is 11.0. The summed E-state index contributed by atoms with van der Waals surface area (Å²) in [7, 11) is 1.55. The van der Waals surface area contributed by atoms with E-state index in [1.807, 2.05) is 30.3 Å². The lowest BCUT2D eigenvalue weighted by Crippen LogP contribution is -2.56. The zero-order chi connectivity index (χ0) is 28.5. The van der Waals surface area contributed by atoms with Crippen molar-refractivity contribution in [1.82, 2.24) is 19.8 Å². The Morgan fingerprint density at radius 2 is 1.95 bits per heavy atom. The van der Waals surface area contributed by atoms with Crippen LogP contribution >= 0.6 is 0 Å². The summed E-state index contributed by atoms with van der Waals surface area (Å²) in [6.45, 7) is 4.72. The fourth-order valence-electron chi connectivity index (χ4n) is 5.95. The van der Waals surface area contributed by atoms with Crippen molar-refractivity contribution < 1.29 is 28.7 Å². The van der Waals surface area contributed by atoms with E-state index >= 15 is 0 Å². The van der Waals surface area contributed by atoms with Crippen molar-refractivity contribution in [2.75, 3.05) is 26.8 Å². The number of imide groups is 1. The summed E-state index contributed by atoms with van der Waals surface area (Å²) >= 11 is 0. The first kappa shape index (κ1) is 27.3. The summed E-state index contributed by atoms with van der Waals surface area (Å²) in [5.74, 6) is -0.154. The van der Waals surface area contributed by atoms with Crippen LogP contribution in [0.1, 0.15) is 72.1 Å². The Labute approximate surface area is 239 Å². The van der Waals surface area contributed by atoms with Gasteiger partial charge in [-0.2, -0.15) is 0 Å². The molecule has 10 nitrogen and oxygen atoms in total. The summed E-state index contributed by atoms with van der Waals surface area (Å²) in [5.41, 5.74) is 6.89. The number of ether oxygens (including phenoxy) is 2. The third-order valence-corrected chi connectivity index (χ3v) is 8.21. The number of fused-ring (bicyclic) bond motifs is 6. The Bertz CT molecular complexity index is 1460. The number of likely N-dealkylation sites (N-methyl/N-ethyl adjacent to an activating group) is 1. The molecule has 0 radical (unpaired) electrons. The third kappa shape index (κ3) is 5.29. The van der Waals surface area contributed by atoms with E-state index in [0.29, 0.717) is 38.4 Å². The third-order valence-electron chi connectivity index (χ3n) is 8.21. The van der Waals surface area contributed by atoms with E-state index in [1.54, 1.807) is 24.1 Å². The number of hydroxylamine groups is 1. The largest absolute Gasteiger partial charge is 0.494 e. The van der Waals surface area contributed by atoms with Gasteiger partial charge in [0.05, 0.1) is 19.1 Å². The maximum absolute atomic E-state index is 13.3. The Morgan fingerprint density at radius 3 is 2.71 bits per heavy atom. The minimum Gasteiger partial charge on any atom is -0.494 e. The lowest BCUT2D eigenvalue weighted by molar-refractivity contribution is -0.186. The smallest absolute Gasteiger partial charge is 0.326 e. The highest BCUT2D eigenvalue weighted by molar-refractivity contribution is 6.04. The number of hydrogen-bond donors (Lipinski definition) is 1. The Balaban J connectivity index is 1.28. The quantitative estimate of drug-likeness (QED) is 0.304. The summed E-state index contributed by atoms with van der Waals surface area (Å²) in [6, 6.07) is 13.1. The van der Waals surface area contributed by atoms with E-state index in [9.17, 15) is 14.4 Å². The van der Waals surface area contributed by atoms with Gasteiger partial charge in [0.15, 0.2) is 6.29 Å². The Hall–Kier alpha value is -3.89. The minimum absolute atomic E-state index is 0.181. The average Bonchev–Trinajstić information content (AvgIpc) is 3.31. The lowest BCUT2D eigenvalue weighted by atomic mass is 9.89. The fraction of sp³-hybridized carbons (Fsp3) is 0.452. The van der Waals surface area contributed by atoms with E-state index in [2.05, 4.69) is 17.0 Å². The van der Waals surface area contributed by atoms with Crippen molar-refractivity contribution in [2.45, 2.75) is 64.3 Å². The van der Waals surface area contributed by atoms with Crippen LogP contribution in [0.15, 0.2) is 42.5 Å². The molecule has 0 saturated carbocycles. The predicted octanol–water partition coefficient (Wildman–Crippen LogP) is 4.55. The molecule has 4 heterocycles. The number of carbonyl (C=O) groups is 3. The molecule has 41 heavy (non-hydrogen) atoms. The van der Waals surface area contributed by atoms with Crippen LogP contribution in [0.2, 0.25) is 0 Å². The molecular weight excluding hydrogens is 524 g/mol. The van der Waals surface area contributed by atoms with Crippen molar-refractivity contribution in [3.8, 4) is 5.75 Å². The first-order chi connectivity index (χ1) is 19.9. The second-order valence-electron chi connectivity index (χ2n) is 11.0. The average molecular weight is 561 g/mol. The Morgan fingerprint density at radius 1 is 1.12 bits per heavy atom. The molecule has 2 aromatic carbocycles. The molecule has 2 saturated heterocycles. The van der Waals surface area contributed by atoms with Gasteiger partial charge in [0, 0.05) is 55.3 Å². The van der Waals surface area contributed by atoms with E-state index in [0.717, 1.165) is 65.6 Å². The van der Waals surface area contributed by atoms with Crippen LogP contribution < -0.4 is 10.2 Å². The highest BCUT2D eigenvalue weighted by atomic mass is 16.8. The van der Waals surface area contributed by atoms with Crippen molar-refractivity contribution in [3.05, 3.63) is 64.8 Å². The number of amides is 4. The molecule has 4 amide bonds. The van der Waals surface area contributed by atoms with Crippen LogP contribution in [0.4, 0.5) is 4.79 Å². The van der Waals surface area contributed by atoms with Gasteiger partial charge in [0.2, 0.25) is 5.91 Å². The van der Waals surface area contributed by atoms with Crippen molar-refractivity contribution >= 4 is 28.7 Å². The molecule has 1 aromatic heterocycles. The van der Waals surface area contributed by atoms with Crippen molar-refractivity contribution in [3.63, 3.8) is 0 Å². The number of rotatable bonds is 9. The molecule has 6 rings (SSSR count). The summed E-state index contributed by atoms with van der Waals surface area (Å²) < 4.78 is 13.7. The molecule has 1 N–H and O–H groups in total. The van der Waals surface area contributed by atoms with Gasteiger partial charge in [-0.05, 0) is 60.7 Å². The summed E-state index contributed by atoms with van der Waals surface area (Å²) in [5, 5.41) is 0.979. The molecule has 3 aliphatic rings. The SMILES string of the molecule is CCCCOc1ccc2c(c1)c1c(n2Cc2ccc(C(=O)NOC3CCCCO3)cc2)CN2CC1C(=O)N(C)C2=O. The zero-order valence-electron chi connectivity index (χ0n) is 23.6. The zero-order valence-corrected chi connectivity index (χ0v) is 23.6.